The molecule has 56 valence electrons. The zero-order chi connectivity index (χ0) is 7.98. The third-order valence-electron chi connectivity index (χ3n) is 1.38. The van der Waals surface area contributed by atoms with E-state index < -0.39 is 0 Å². The van der Waals surface area contributed by atoms with Gasteiger partial charge < -0.3 is 4.79 Å². The van der Waals surface area contributed by atoms with Crippen LogP contribution in [0, 0.1) is 17.2 Å². The molecule has 0 spiro atoms. The van der Waals surface area contributed by atoms with E-state index in [4.69, 9.17) is 5.26 Å². The monoisotopic (exact) mass is 139 g/mol. The van der Waals surface area contributed by atoms with E-state index in [1.807, 2.05) is 6.92 Å². The zero-order valence-electron chi connectivity index (χ0n) is 6.55. The second-order valence-corrected chi connectivity index (χ2v) is 2.71. The van der Waals surface area contributed by atoms with Gasteiger partial charge in [0.05, 0.1) is 6.07 Å². The molecule has 0 radical (unpaired) electrons. The van der Waals surface area contributed by atoms with Gasteiger partial charge in [-0.1, -0.05) is 6.92 Å². The Labute approximate surface area is 61.8 Å². The van der Waals surface area contributed by atoms with Crippen molar-refractivity contribution >= 4 is 5.78 Å². The van der Waals surface area contributed by atoms with Crippen molar-refractivity contribution in [3.8, 4) is 6.07 Å². The average molecular weight is 139 g/mol. The van der Waals surface area contributed by atoms with Gasteiger partial charge in [-0.3, -0.25) is 0 Å². The van der Waals surface area contributed by atoms with E-state index >= 15 is 0 Å². The maximum Gasteiger partial charge on any atom is 0.130 e. The van der Waals surface area contributed by atoms with Crippen LogP contribution in [0.15, 0.2) is 0 Å². The molecule has 0 rings (SSSR count). The molecular weight excluding hydrogens is 126 g/mol. The van der Waals surface area contributed by atoms with E-state index in [1.54, 1.807) is 6.92 Å². The summed E-state index contributed by atoms with van der Waals surface area (Å²) < 4.78 is 0. The predicted molar refractivity (Wildman–Crippen MR) is 39.3 cm³/mol. The van der Waals surface area contributed by atoms with Crippen molar-refractivity contribution in [3.63, 3.8) is 0 Å². The summed E-state index contributed by atoms with van der Waals surface area (Å²) in [5, 5.41) is 8.21. The van der Waals surface area contributed by atoms with Crippen LogP contribution in [0.1, 0.15) is 33.1 Å². The number of ketones is 1. The highest BCUT2D eigenvalue weighted by molar-refractivity contribution is 5.75. The van der Waals surface area contributed by atoms with E-state index in [0.717, 1.165) is 6.42 Å². The number of hydrogen-bond acceptors (Lipinski definition) is 2. The van der Waals surface area contributed by atoms with Crippen LogP contribution in [0.2, 0.25) is 0 Å². The summed E-state index contributed by atoms with van der Waals surface area (Å²) in [6, 6.07) is 2.06. The molecule has 0 aliphatic rings. The molecule has 2 heteroatoms. The van der Waals surface area contributed by atoms with E-state index in [9.17, 15) is 4.79 Å². The Morgan fingerprint density at radius 2 is 2.30 bits per heavy atom. The van der Waals surface area contributed by atoms with Crippen molar-refractivity contribution in [1.29, 1.82) is 5.26 Å². The molecule has 1 atom stereocenters. The number of carbonyl (C=O) groups is 1. The molecule has 10 heavy (non-hydrogen) atoms. The molecule has 0 heterocycles. The standard InChI is InChI=1S/C8H13NO/c1-7(4-3-5-9)6-8(2)10/h7H,3-4,6H2,1-2H3. The summed E-state index contributed by atoms with van der Waals surface area (Å²) >= 11 is 0. The second-order valence-electron chi connectivity index (χ2n) is 2.71. The van der Waals surface area contributed by atoms with Gasteiger partial charge in [0, 0.05) is 12.8 Å². The van der Waals surface area contributed by atoms with E-state index in [2.05, 4.69) is 6.07 Å². The maximum atomic E-state index is 10.5. The van der Waals surface area contributed by atoms with Gasteiger partial charge in [-0.2, -0.15) is 5.26 Å². The van der Waals surface area contributed by atoms with Gasteiger partial charge in [-0.05, 0) is 19.3 Å². The third kappa shape index (κ3) is 5.30. The summed E-state index contributed by atoms with van der Waals surface area (Å²) in [5.74, 6) is 0.586. The smallest absolute Gasteiger partial charge is 0.130 e. The van der Waals surface area contributed by atoms with Gasteiger partial charge in [0.2, 0.25) is 0 Å². The largest absolute Gasteiger partial charge is 0.300 e. The summed E-state index contributed by atoms with van der Waals surface area (Å²) in [7, 11) is 0. The van der Waals surface area contributed by atoms with Crippen molar-refractivity contribution in [2.75, 3.05) is 0 Å². The lowest BCUT2D eigenvalue weighted by Gasteiger charge is -2.04. The van der Waals surface area contributed by atoms with Crippen molar-refractivity contribution < 1.29 is 4.79 Å². The van der Waals surface area contributed by atoms with Crippen molar-refractivity contribution in [1.82, 2.24) is 0 Å². The third-order valence-corrected chi connectivity index (χ3v) is 1.38. The fraction of sp³-hybridized carbons (Fsp3) is 0.750. The number of Topliss-reactive ketones (excluding diaryl/α,β-unsaturated/α-hetero) is 1. The molecule has 0 aromatic heterocycles. The lowest BCUT2D eigenvalue weighted by atomic mass is 10.0. The molecule has 0 saturated carbocycles. The summed E-state index contributed by atoms with van der Waals surface area (Å²) in [6.45, 7) is 3.58. The van der Waals surface area contributed by atoms with E-state index in [1.165, 1.54) is 0 Å². The first-order valence-corrected chi connectivity index (χ1v) is 3.53. The van der Waals surface area contributed by atoms with Crippen molar-refractivity contribution in [2.24, 2.45) is 5.92 Å². The Hall–Kier alpha value is -0.840. The lowest BCUT2D eigenvalue weighted by molar-refractivity contribution is -0.117. The molecule has 0 aromatic carbocycles. The first kappa shape index (κ1) is 9.16. The fourth-order valence-corrected chi connectivity index (χ4v) is 0.904. The number of hydrogen-bond donors (Lipinski definition) is 0. The number of rotatable bonds is 4. The summed E-state index contributed by atoms with van der Waals surface area (Å²) in [5.41, 5.74) is 0. The molecule has 0 bridgehead atoms. The minimum atomic E-state index is 0.213. The first-order valence-electron chi connectivity index (χ1n) is 3.53. The van der Waals surface area contributed by atoms with Gasteiger partial charge >= 0.3 is 0 Å². The molecule has 0 aromatic rings. The molecule has 0 aliphatic carbocycles. The van der Waals surface area contributed by atoms with Crippen LogP contribution in [0.3, 0.4) is 0 Å². The zero-order valence-corrected chi connectivity index (χ0v) is 6.55. The molecule has 0 saturated heterocycles. The quantitative estimate of drug-likeness (QED) is 0.597. The van der Waals surface area contributed by atoms with Gasteiger partial charge in [0.15, 0.2) is 0 Å². The Kier molecular flexibility index (Phi) is 4.57. The van der Waals surface area contributed by atoms with Crippen LogP contribution >= 0.6 is 0 Å². The SMILES string of the molecule is CC(=O)CC(C)CCC#N. The fourth-order valence-electron chi connectivity index (χ4n) is 0.904. The molecule has 0 fully saturated rings. The van der Waals surface area contributed by atoms with Crippen LogP contribution in [0.4, 0.5) is 0 Å². The lowest BCUT2D eigenvalue weighted by Crippen LogP contribution is -2.00. The minimum absolute atomic E-state index is 0.213. The van der Waals surface area contributed by atoms with Crippen LogP contribution in [0.5, 0.6) is 0 Å². The molecule has 0 N–H and O–H groups in total. The van der Waals surface area contributed by atoms with Gasteiger partial charge in [0.1, 0.15) is 5.78 Å². The van der Waals surface area contributed by atoms with Gasteiger partial charge in [0.25, 0.3) is 0 Å². The van der Waals surface area contributed by atoms with Gasteiger partial charge in [-0.25, -0.2) is 0 Å². The summed E-state index contributed by atoms with van der Waals surface area (Å²) in [4.78, 5) is 10.5. The van der Waals surface area contributed by atoms with Crippen molar-refractivity contribution in [3.05, 3.63) is 0 Å². The highest BCUT2D eigenvalue weighted by Crippen LogP contribution is 2.09. The van der Waals surface area contributed by atoms with Crippen LogP contribution in [-0.4, -0.2) is 5.78 Å². The summed E-state index contributed by atoms with van der Waals surface area (Å²) in [6.07, 6.45) is 2.02. The highest BCUT2D eigenvalue weighted by Gasteiger charge is 2.03. The Morgan fingerprint density at radius 1 is 1.70 bits per heavy atom. The minimum Gasteiger partial charge on any atom is -0.300 e. The molecule has 0 amide bonds. The first-order chi connectivity index (χ1) is 4.66. The van der Waals surface area contributed by atoms with Gasteiger partial charge in [-0.15, -0.1) is 0 Å². The number of nitriles is 1. The highest BCUT2D eigenvalue weighted by atomic mass is 16.1. The van der Waals surface area contributed by atoms with Crippen molar-refractivity contribution in [2.45, 2.75) is 33.1 Å². The molecule has 1 unspecified atom stereocenters. The van der Waals surface area contributed by atoms with Crippen LogP contribution in [0.25, 0.3) is 0 Å². The van der Waals surface area contributed by atoms with Crippen LogP contribution < -0.4 is 0 Å². The molecule has 0 aliphatic heterocycles. The molecule has 2 nitrogen and oxygen atoms in total. The van der Waals surface area contributed by atoms with E-state index in [-0.39, 0.29) is 5.78 Å². The Bertz CT molecular complexity index is 146. The topological polar surface area (TPSA) is 40.9 Å². The normalized spacial score (nSPS) is 12.1. The number of carbonyl (C=O) groups excluding carboxylic acids is 1. The second kappa shape index (κ2) is 4.99. The maximum absolute atomic E-state index is 10.5. The van der Waals surface area contributed by atoms with E-state index in [0.29, 0.717) is 18.8 Å². The van der Waals surface area contributed by atoms with Crippen LogP contribution in [-0.2, 0) is 4.79 Å². The average Bonchev–Trinajstić information content (AvgIpc) is 1.82. The predicted octanol–water partition coefficient (Wildman–Crippen LogP) is 1.91. The Balaban J connectivity index is 3.36. The number of nitrogens with zero attached hydrogens (tertiary/aromatic N) is 1. The Morgan fingerprint density at radius 3 is 2.70 bits per heavy atom. The molecular formula is C8H13NO.